The first-order chi connectivity index (χ1) is 19.2. The van der Waals surface area contributed by atoms with Gasteiger partial charge < -0.3 is 24.1 Å². The van der Waals surface area contributed by atoms with Crippen molar-refractivity contribution < 1.29 is 27.4 Å². The van der Waals surface area contributed by atoms with E-state index in [0.717, 1.165) is 21.4 Å². The molecule has 4 aromatic rings. The molecule has 0 saturated carbocycles. The van der Waals surface area contributed by atoms with Crippen LogP contribution in [0, 0.1) is 6.92 Å². The predicted molar refractivity (Wildman–Crippen MR) is 152 cm³/mol. The van der Waals surface area contributed by atoms with Crippen LogP contribution in [0.4, 0.5) is 5.69 Å². The second-order valence-electron chi connectivity index (χ2n) is 8.63. The zero-order valence-corrected chi connectivity index (χ0v) is 24.0. The monoisotopic (exact) mass is 584 g/mol. The number of anilines is 1. The van der Waals surface area contributed by atoms with Gasteiger partial charge in [0, 0.05) is 35.7 Å². The minimum atomic E-state index is -4.28. The molecule has 0 aliphatic rings. The highest BCUT2D eigenvalue weighted by Crippen LogP contribution is 2.37. The van der Waals surface area contributed by atoms with E-state index < -0.39 is 22.5 Å². The van der Waals surface area contributed by atoms with Crippen molar-refractivity contribution in [1.29, 1.82) is 0 Å². The van der Waals surface area contributed by atoms with E-state index in [9.17, 15) is 13.2 Å². The van der Waals surface area contributed by atoms with E-state index in [4.69, 9.17) is 25.8 Å². The van der Waals surface area contributed by atoms with Crippen LogP contribution in [0.15, 0.2) is 78.0 Å². The molecule has 1 amide bonds. The Bertz CT molecular complexity index is 1610. The van der Waals surface area contributed by atoms with E-state index in [1.165, 1.54) is 51.7 Å². The summed E-state index contributed by atoms with van der Waals surface area (Å²) in [4.78, 5) is 17.3. The van der Waals surface area contributed by atoms with Crippen LogP contribution in [0.25, 0.3) is 5.69 Å². The maximum Gasteiger partial charge on any atom is 0.265 e. The number of sulfonamides is 1. The number of amides is 1. The van der Waals surface area contributed by atoms with Gasteiger partial charge in [-0.25, -0.2) is 13.4 Å². The van der Waals surface area contributed by atoms with Crippen molar-refractivity contribution in [2.75, 3.05) is 32.2 Å². The predicted octanol–water partition coefficient (Wildman–Crippen LogP) is 4.37. The second-order valence-corrected chi connectivity index (χ2v) is 10.9. The molecule has 1 aromatic heterocycles. The van der Waals surface area contributed by atoms with Crippen LogP contribution in [0.5, 0.6) is 17.2 Å². The number of hydrogen-bond acceptors (Lipinski definition) is 7. The number of nitrogens with one attached hydrogen (secondary N) is 1. The van der Waals surface area contributed by atoms with Crippen LogP contribution in [0.1, 0.15) is 11.4 Å². The van der Waals surface area contributed by atoms with Gasteiger partial charge in [0.05, 0.1) is 31.9 Å². The summed E-state index contributed by atoms with van der Waals surface area (Å²) in [6, 6.07) is 16.3. The molecule has 10 nitrogen and oxygen atoms in total. The lowest BCUT2D eigenvalue weighted by atomic mass is 10.2. The number of carbonyl (C=O) groups excluding carboxylic acids is 1. The molecule has 210 valence electrons. The highest BCUT2D eigenvalue weighted by molar-refractivity contribution is 7.92. The van der Waals surface area contributed by atoms with Gasteiger partial charge in [-0.2, -0.15) is 0 Å². The Labute approximate surface area is 238 Å². The molecule has 0 saturated heterocycles. The van der Waals surface area contributed by atoms with E-state index in [1.54, 1.807) is 12.3 Å². The van der Waals surface area contributed by atoms with Crippen LogP contribution in [-0.2, 0) is 21.4 Å². The Hall–Kier alpha value is -4.22. The van der Waals surface area contributed by atoms with Crippen LogP contribution >= 0.6 is 11.6 Å². The van der Waals surface area contributed by atoms with Crippen LogP contribution in [-0.4, -0.2) is 51.8 Å². The number of hydrogen-bond donors (Lipinski definition) is 1. The first-order valence-corrected chi connectivity index (χ1v) is 13.9. The molecule has 0 spiro atoms. The number of aromatic nitrogens is 2. The third-order valence-corrected chi connectivity index (χ3v) is 8.16. The van der Waals surface area contributed by atoms with Crippen molar-refractivity contribution in [2.45, 2.75) is 18.4 Å². The lowest BCUT2D eigenvalue weighted by molar-refractivity contribution is -0.119. The van der Waals surface area contributed by atoms with Crippen LogP contribution in [0.2, 0.25) is 5.02 Å². The summed E-state index contributed by atoms with van der Waals surface area (Å²) in [7, 11) is -0.0230. The molecule has 4 rings (SSSR count). The zero-order chi connectivity index (χ0) is 28.9. The van der Waals surface area contributed by atoms with Gasteiger partial charge in [0.1, 0.15) is 18.1 Å². The molecule has 1 N–H and O–H groups in total. The van der Waals surface area contributed by atoms with Gasteiger partial charge in [-0.15, -0.1) is 0 Å². The van der Waals surface area contributed by atoms with Crippen molar-refractivity contribution in [3.8, 4) is 22.9 Å². The number of rotatable bonds is 11. The molecule has 0 radical (unpaired) electrons. The normalized spacial score (nSPS) is 11.1. The molecular formula is C28H29ClN4O6S. The minimum absolute atomic E-state index is 0.106. The first kappa shape index (κ1) is 28.8. The summed E-state index contributed by atoms with van der Waals surface area (Å²) < 4.78 is 46.7. The molecule has 0 aliphatic heterocycles. The number of imidazole rings is 1. The van der Waals surface area contributed by atoms with Gasteiger partial charge in [-0.05, 0) is 55.0 Å². The molecule has 0 bridgehead atoms. The van der Waals surface area contributed by atoms with Gasteiger partial charge in [0.25, 0.3) is 10.0 Å². The number of benzene rings is 3. The highest BCUT2D eigenvalue weighted by atomic mass is 35.5. The number of aryl methyl sites for hydroxylation is 1. The van der Waals surface area contributed by atoms with E-state index in [2.05, 4.69) is 10.3 Å². The van der Waals surface area contributed by atoms with E-state index in [-0.39, 0.29) is 33.6 Å². The van der Waals surface area contributed by atoms with Gasteiger partial charge in [0.15, 0.2) is 11.5 Å². The lowest BCUT2D eigenvalue weighted by Gasteiger charge is -2.26. The average Bonchev–Trinajstić information content (AvgIpc) is 3.40. The summed E-state index contributed by atoms with van der Waals surface area (Å²) in [5.74, 6) is 1.14. The van der Waals surface area contributed by atoms with Crippen LogP contribution in [0.3, 0.4) is 0 Å². The lowest BCUT2D eigenvalue weighted by Crippen LogP contribution is -2.40. The Morgan fingerprint density at radius 1 is 0.950 bits per heavy atom. The molecule has 12 heteroatoms. The molecule has 40 heavy (non-hydrogen) atoms. The zero-order valence-electron chi connectivity index (χ0n) is 22.4. The fraction of sp³-hybridized carbons (Fsp3) is 0.214. The van der Waals surface area contributed by atoms with Crippen molar-refractivity contribution >= 4 is 33.2 Å². The van der Waals surface area contributed by atoms with E-state index >= 15 is 0 Å². The topological polar surface area (TPSA) is 112 Å². The molecule has 3 aromatic carbocycles. The summed E-state index contributed by atoms with van der Waals surface area (Å²) in [6.07, 6.45) is 3.59. The largest absolute Gasteiger partial charge is 0.495 e. The van der Waals surface area contributed by atoms with Gasteiger partial charge in [0.2, 0.25) is 5.91 Å². The molecule has 1 heterocycles. The Kier molecular flexibility index (Phi) is 8.86. The molecule has 0 atom stereocenters. The van der Waals surface area contributed by atoms with E-state index in [1.807, 2.05) is 42.0 Å². The second kappa shape index (κ2) is 12.3. The number of carbonyl (C=O) groups is 1. The molecule has 0 fully saturated rings. The maximum absolute atomic E-state index is 13.9. The van der Waals surface area contributed by atoms with Crippen molar-refractivity contribution in [2.24, 2.45) is 0 Å². The SMILES string of the molecule is COc1ccc(S(=O)(=O)N(CC(=O)NCc2ccc(-n3ccnc3C)cc2)c2cc(Cl)ccc2OC)cc1OC. The first-order valence-electron chi connectivity index (χ1n) is 12.1. The fourth-order valence-electron chi connectivity index (χ4n) is 4.07. The van der Waals surface area contributed by atoms with Crippen molar-refractivity contribution in [3.05, 3.63) is 89.5 Å². The summed E-state index contributed by atoms with van der Waals surface area (Å²) in [6.45, 7) is 1.57. The highest BCUT2D eigenvalue weighted by Gasteiger charge is 2.30. The van der Waals surface area contributed by atoms with Crippen molar-refractivity contribution in [1.82, 2.24) is 14.9 Å². The Balaban J connectivity index is 1.60. The Morgan fingerprint density at radius 3 is 2.25 bits per heavy atom. The third-order valence-electron chi connectivity index (χ3n) is 6.17. The summed E-state index contributed by atoms with van der Waals surface area (Å²) in [5.41, 5.74) is 1.88. The van der Waals surface area contributed by atoms with Crippen molar-refractivity contribution in [3.63, 3.8) is 0 Å². The smallest absolute Gasteiger partial charge is 0.265 e. The number of ether oxygens (including phenoxy) is 3. The maximum atomic E-state index is 13.9. The molecular weight excluding hydrogens is 556 g/mol. The van der Waals surface area contributed by atoms with Gasteiger partial charge in [-0.3, -0.25) is 9.10 Å². The summed E-state index contributed by atoms with van der Waals surface area (Å²) in [5, 5.41) is 3.07. The summed E-state index contributed by atoms with van der Waals surface area (Å²) >= 11 is 6.22. The standard InChI is InChI=1S/C28H29ClN4O6S/c1-19-30-13-14-32(19)22-8-5-20(6-9-22)17-31-28(34)18-33(24-15-21(29)7-11-25(24)37-2)40(35,36)23-10-12-26(38-3)27(16-23)39-4/h5-16H,17-18H2,1-4H3,(H,31,34). The fourth-order valence-corrected chi connectivity index (χ4v) is 5.68. The minimum Gasteiger partial charge on any atom is -0.495 e. The third kappa shape index (κ3) is 6.16. The Morgan fingerprint density at radius 2 is 1.62 bits per heavy atom. The van der Waals surface area contributed by atoms with Gasteiger partial charge in [-0.1, -0.05) is 23.7 Å². The van der Waals surface area contributed by atoms with E-state index in [0.29, 0.717) is 5.75 Å². The number of nitrogens with zero attached hydrogens (tertiary/aromatic N) is 3. The molecule has 0 unspecified atom stereocenters. The quantitative estimate of drug-likeness (QED) is 0.278. The molecule has 0 aliphatic carbocycles. The van der Waals surface area contributed by atoms with Crippen LogP contribution < -0.4 is 23.8 Å². The van der Waals surface area contributed by atoms with Gasteiger partial charge >= 0.3 is 0 Å². The number of methoxy groups -OCH3 is 3. The average molecular weight is 585 g/mol. The number of halogens is 1.